The summed E-state index contributed by atoms with van der Waals surface area (Å²) in [6.07, 6.45) is 3.60. The van der Waals surface area contributed by atoms with Crippen LogP contribution in [0.1, 0.15) is 33.3 Å². The molecule has 1 aromatic heterocycles. The summed E-state index contributed by atoms with van der Waals surface area (Å²) in [5.74, 6) is -0.661. The lowest BCUT2D eigenvalue weighted by atomic mass is 10.1. The lowest BCUT2D eigenvalue weighted by Crippen LogP contribution is -2.06. The molecule has 0 fully saturated rings. The maximum absolute atomic E-state index is 12.6. The van der Waals surface area contributed by atoms with E-state index in [0.29, 0.717) is 9.88 Å². The van der Waals surface area contributed by atoms with Crippen LogP contribution in [0.4, 0.5) is 16.4 Å². The number of benzene rings is 2. The second-order valence-electron chi connectivity index (χ2n) is 6.75. The van der Waals surface area contributed by atoms with Gasteiger partial charge in [-0.1, -0.05) is 33.6 Å². The number of hydrogen-bond donors (Lipinski definition) is 2. The van der Waals surface area contributed by atoms with E-state index in [2.05, 4.69) is 26.2 Å². The molecule has 3 aromatic rings. The largest absolute Gasteiger partial charge is 0.505 e. The average Bonchev–Trinajstić information content (AvgIpc) is 3.25. The minimum atomic E-state index is -0.561. The highest BCUT2D eigenvalue weighted by Gasteiger charge is 2.25. The number of allylic oxidation sites excluding steroid dienone is 1. The number of esters is 1. The van der Waals surface area contributed by atoms with Gasteiger partial charge in [0, 0.05) is 27.5 Å². The van der Waals surface area contributed by atoms with E-state index >= 15 is 0 Å². The van der Waals surface area contributed by atoms with Gasteiger partial charge in [-0.15, -0.1) is 11.3 Å². The van der Waals surface area contributed by atoms with Gasteiger partial charge >= 0.3 is 5.97 Å². The molecule has 0 aliphatic carbocycles. The second-order valence-corrected chi connectivity index (χ2v) is 8.72. The Morgan fingerprint density at radius 2 is 2.03 bits per heavy atom. The monoisotopic (exact) mass is 482 g/mol. The average molecular weight is 483 g/mol. The molecule has 0 amide bonds. The summed E-state index contributed by atoms with van der Waals surface area (Å²) in [5.41, 5.74) is 4.78. The van der Waals surface area contributed by atoms with Gasteiger partial charge in [0.25, 0.3) is 0 Å². The van der Waals surface area contributed by atoms with Crippen LogP contribution in [-0.4, -0.2) is 23.9 Å². The number of hydrogen-bond acceptors (Lipinski definition) is 6. The molecule has 7 heteroatoms. The summed E-state index contributed by atoms with van der Waals surface area (Å²) in [6.45, 7) is 3.97. The Kier molecular flexibility index (Phi) is 5.74. The van der Waals surface area contributed by atoms with Crippen molar-refractivity contribution in [2.24, 2.45) is 4.99 Å². The minimum Gasteiger partial charge on any atom is -0.505 e. The molecular weight excluding hydrogens is 464 g/mol. The first-order valence-corrected chi connectivity index (χ1v) is 11.0. The van der Waals surface area contributed by atoms with Gasteiger partial charge in [-0.3, -0.25) is 4.99 Å². The molecule has 4 rings (SSSR count). The third-order valence-electron chi connectivity index (χ3n) is 4.60. The van der Waals surface area contributed by atoms with Gasteiger partial charge in [0.05, 0.1) is 17.2 Å². The van der Waals surface area contributed by atoms with E-state index in [1.807, 2.05) is 55.5 Å². The van der Waals surface area contributed by atoms with Gasteiger partial charge < -0.3 is 15.2 Å². The first-order valence-electron chi connectivity index (χ1n) is 9.38. The maximum Gasteiger partial charge on any atom is 0.344 e. The molecule has 0 saturated carbocycles. The molecule has 1 aliphatic rings. The van der Waals surface area contributed by atoms with Crippen molar-refractivity contribution in [2.75, 3.05) is 11.9 Å². The molecule has 0 atom stereocenters. The normalized spacial score (nSPS) is 13.5. The van der Waals surface area contributed by atoms with Crippen molar-refractivity contribution >= 4 is 67.5 Å². The highest BCUT2D eigenvalue weighted by Crippen LogP contribution is 2.44. The van der Waals surface area contributed by atoms with E-state index in [0.717, 1.165) is 32.5 Å². The van der Waals surface area contributed by atoms with Crippen LogP contribution < -0.4 is 5.32 Å². The third-order valence-corrected chi connectivity index (χ3v) is 6.13. The molecule has 0 bridgehead atoms. The number of ether oxygens (including phenoxy) is 1. The number of aromatic hydroxyl groups is 1. The van der Waals surface area contributed by atoms with Crippen LogP contribution in [0.3, 0.4) is 0 Å². The van der Waals surface area contributed by atoms with Gasteiger partial charge in [-0.05, 0) is 50.3 Å². The fraction of sp³-hybridized carbons (Fsp3) is 0.130. The fourth-order valence-electron chi connectivity index (χ4n) is 3.10. The Labute approximate surface area is 186 Å². The number of rotatable bonds is 5. The summed E-state index contributed by atoms with van der Waals surface area (Å²) in [5, 5.41) is 14.6. The SMILES string of the molecule is CCOC(=O)c1c(Nc2ccc(C)cc2)sc(C=C2C=Nc3ccc(Br)cc32)c1O. The van der Waals surface area contributed by atoms with E-state index in [9.17, 15) is 9.90 Å². The Morgan fingerprint density at radius 3 is 2.77 bits per heavy atom. The Balaban J connectivity index is 1.76. The Bertz CT molecular complexity index is 1180. The molecular formula is C23H19BrN2O3S. The zero-order valence-corrected chi connectivity index (χ0v) is 18.8. The Morgan fingerprint density at radius 1 is 1.27 bits per heavy atom. The molecule has 5 nitrogen and oxygen atoms in total. The van der Waals surface area contributed by atoms with Crippen LogP contribution in [-0.2, 0) is 4.74 Å². The first-order chi connectivity index (χ1) is 14.5. The number of aliphatic imine (C=N–C) groups is 1. The number of fused-ring (bicyclic) bond motifs is 1. The summed E-state index contributed by atoms with van der Waals surface area (Å²) in [4.78, 5) is 17.5. The lowest BCUT2D eigenvalue weighted by Gasteiger charge is -2.07. The predicted molar refractivity (Wildman–Crippen MR) is 127 cm³/mol. The summed E-state index contributed by atoms with van der Waals surface area (Å²) >= 11 is 4.78. The molecule has 2 aromatic carbocycles. The highest BCUT2D eigenvalue weighted by atomic mass is 79.9. The predicted octanol–water partition coefficient (Wildman–Crippen LogP) is 6.70. The molecule has 2 heterocycles. The van der Waals surface area contributed by atoms with E-state index in [1.54, 1.807) is 13.1 Å². The number of aryl methyl sites for hydroxylation is 1. The summed E-state index contributed by atoms with van der Waals surface area (Å²) in [6, 6.07) is 13.7. The van der Waals surface area contributed by atoms with Gasteiger partial charge in [0.2, 0.25) is 0 Å². The Hall–Kier alpha value is -2.90. The lowest BCUT2D eigenvalue weighted by molar-refractivity contribution is 0.0525. The van der Waals surface area contributed by atoms with Crippen molar-refractivity contribution in [2.45, 2.75) is 13.8 Å². The van der Waals surface area contributed by atoms with Crippen LogP contribution in [0, 0.1) is 6.92 Å². The van der Waals surface area contributed by atoms with E-state index in [-0.39, 0.29) is 17.9 Å². The molecule has 0 unspecified atom stereocenters. The molecule has 2 N–H and O–H groups in total. The second kappa shape index (κ2) is 8.45. The number of thiophene rings is 1. The van der Waals surface area contributed by atoms with E-state index in [4.69, 9.17) is 4.74 Å². The van der Waals surface area contributed by atoms with Gasteiger partial charge in [-0.25, -0.2) is 4.79 Å². The van der Waals surface area contributed by atoms with Crippen molar-refractivity contribution in [1.82, 2.24) is 0 Å². The van der Waals surface area contributed by atoms with Crippen molar-refractivity contribution < 1.29 is 14.6 Å². The van der Waals surface area contributed by atoms with Gasteiger partial charge in [-0.2, -0.15) is 0 Å². The maximum atomic E-state index is 12.6. The van der Waals surface area contributed by atoms with Crippen LogP contribution in [0.5, 0.6) is 5.75 Å². The number of nitrogens with one attached hydrogen (secondary N) is 1. The van der Waals surface area contributed by atoms with E-state index in [1.165, 1.54) is 11.3 Å². The zero-order chi connectivity index (χ0) is 21.3. The van der Waals surface area contributed by atoms with Crippen LogP contribution >= 0.6 is 27.3 Å². The summed E-state index contributed by atoms with van der Waals surface area (Å²) in [7, 11) is 0. The van der Waals surface area contributed by atoms with Crippen LogP contribution in [0.2, 0.25) is 0 Å². The molecule has 0 spiro atoms. The van der Waals surface area contributed by atoms with Gasteiger partial charge in [0.15, 0.2) is 0 Å². The number of anilines is 2. The number of carbonyl (C=O) groups is 1. The highest BCUT2D eigenvalue weighted by molar-refractivity contribution is 9.10. The van der Waals surface area contributed by atoms with Gasteiger partial charge in [0.1, 0.15) is 16.3 Å². The molecule has 0 saturated heterocycles. The number of halogens is 1. The van der Waals surface area contributed by atoms with Crippen molar-refractivity contribution in [3.05, 3.63) is 68.5 Å². The van der Waals surface area contributed by atoms with E-state index < -0.39 is 5.97 Å². The van der Waals surface area contributed by atoms with Crippen LogP contribution in [0.15, 0.2) is 51.9 Å². The van der Waals surface area contributed by atoms with Crippen LogP contribution in [0.25, 0.3) is 11.6 Å². The number of nitrogens with zero attached hydrogens (tertiary/aromatic N) is 1. The topological polar surface area (TPSA) is 70.9 Å². The van der Waals surface area contributed by atoms with Crippen molar-refractivity contribution in [3.63, 3.8) is 0 Å². The molecule has 30 heavy (non-hydrogen) atoms. The third kappa shape index (κ3) is 4.04. The molecule has 152 valence electrons. The standard InChI is InChI=1S/C23H19BrN2O3S/c1-3-29-23(28)20-21(27)19(30-22(20)26-16-7-4-13(2)5-8-16)10-14-12-25-18-9-6-15(24)11-17(14)18/h4-12,26-27H,3H2,1-2H3. The minimum absolute atomic E-state index is 0.0996. The first kappa shape index (κ1) is 20.4. The van der Waals surface area contributed by atoms with Crippen molar-refractivity contribution in [1.29, 1.82) is 0 Å². The summed E-state index contributed by atoms with van der Waals surface area (Å²) < 4.78 is 6.12. The van der Waals surface area contributed by atoms with Crippen molar-refractivity contribution in [3.8, 4) is 5.75 Å². The molecule has 1 aliphatic heterocycles. The fourth-order valence-corrected chi connectivity index (χ4v) is 4.52. The quantitative estimate of drug-likeness (QED) is 0.396. The molecule has 0 radical (unpaired) electrons. The zero-order valence-electron chi connectivity index (χ0n) is 16.4. The smallest absolute Gasteiger partial charge is 0.344 e. The number of carbonyl (C=O) groups excluding carboxylic acids is 1.